The molecule has 20 heavy (non-hydrogen) atoms. The summed E-state index contributed by atoms with van der Waals surface area (Å²) in [6, 6.07) is 10.3. The first-order valence-electron chi connectivity index (χ1n) is 7.44. The van der Waals surface area contributed by atoms with Crippen molar-refractivity contribution in [3.8, 4) is 0 Å². The molecule has 1 atom stereocenters. The van der Waals surface area contributed by atoms with Crippen LogP contribution in [-0.4, -0.2) is 31.3 Å². The van der Waals surface area contributed by atoms with E-state index in [9.17, 15) is 4.79 Å². The first-order valence-corrected chi connectivity index (χ1v) is 8.42. The van der Waals surface area contributed by atoms with Gasteiger partial charge in [-0.2, -0.15) is 0 Å². The molecular formula is C16H24N2OS. The fourth-order valence-electron chi connectivity index (χ4n) is 2.78. The molecule has 0 spiro atoms. The maximum atomic E-state index is 12.4. The van der Waals surface area contributed by atoms with Crippen molar-refractivity contribution >= 4 is 17.7 Å². The summed E-state index contributed by atoms with van der Waals surface area (Å²) in [6.45, 7) is 4.69. The van der Waals surface area contributed by atoms with Crippen molar-refractivity contribution in [2.24, 2.45) is 5.41 Å². The SMILES string of the molecule is CCCC1(C(=O)NCCSc2ccccc2)CCNC1. The highest BCUT2D eigenvalue weighted by atomic mass is 32.2. The monoisotopic (exact) mass is 292 g/mol. The van der Waals surface area contributed by atoms with Gasteiger partial charge in [0.1, 0.15) is 0 Å². The highest BCUT2D eigenvalue weighted by molar-refractivity contribution is 7.99. The standard InChI is InChI=1S/C16H24N2OS/c1-2-8-16(9-10-17-13-16)15(19)18-11-12-20-14-6-4-3-5-7-14/h3-7,17H,2,8-13H2,1H3,(H,18,19). The Hall–Kier alpha value is -1.00. The van der Waals surface area contributed by atoms with E-state index in [4.69, 9.17) is 0 Å². The average molecular weight is 292 g/mol. The lowest BCUT2D eigenvalue weighted by atomic mass is 9.81. The second-order valence-corrected chi connectivity index (χ2v) is 6.54. The number of benzene rings is 1. The molecule has 1 fully saturated rings. The van der Waals surface area contributed by atoms with Crippen LogP contribution in [0.2, 0.25) is 0 Å². The molecule has 1 amide bonds. The van der Waals surface area contributed by atoms with Crippen molar-refractivity contribution in [1.29, 1.82) is 0 Å². The smallest absolute Gasteiger partial charge is 0.227 e. The molecule has 2 N–H and O–H groups in total. The summed E-state index contributed by atoms with van der Waals surface area (Å²) in [7, 11) is 0. The minimum atomic E-state index is -0.161. The highest BCUT2D eigenvalue weighted by Gasteiger charge is 2.39. The Morgan fingerprint density at radius 2 is 2.20 bits per heavy atom. The number of nitrogens with one attached hydrogen (secondary N) is 2. The third-order valence-corrected chi connectivity index (χ3v) is 4.87. The third kappa shape index (κ3) is 4.00. The van der Waals surface area contributed by atoms with Crippen LogP contribution in [0, 0.1) is 5.41 Å². The van der Waals surface area contributed by atoms with Gasteiger partial charge in [0.2, 0.25) is 5.91 Å². The fraction of sp³-hybridized carbons (Fsp3) is 0.562. The second-order valence-electron chi connectivity index (χ2n) is 5.37. The molecule has 0 aliphatic carbocycles. The average Bonchev–Trinajstić information content (AvgIpc) is 2.95. The lowest BCUT2D eigenvalue weighted by Crippen LogP contribution is -2.43. The largest absolute Gasteiger partial charge is 0.355 e. The van der Waals surface area contributed by atoms with E-state index >= 15 is 0 Å². The highest BCUT2D eigenvalue weighted by Crippen LogP contribution is 2.31. The van der Waals surface area contributed by atoms with E-state index in [0.29, 0.717) is 0 Å². The Morgan fingerprint density at radius 1 is 1.40 bits per heavy atom. The van der Waals surface area contributed by atoms with E-state index in [0.717, 1.165) is 44.6 Å². The van der Waals surface area contributed by atoms with Crippen molar-refractivity contribution in [3.05, 3.63) is 30.3 Å². The molecule has 1 aliphatic heterocycles. The van der Waals surface area contributed by atoms with Gasteiger partial charge in [-0.15, -0.1) is 11.8 Å². The Morgan fingerprint density at radius 3 is 2.85 bits per heavy atom. The number of hydrogen-bond donors (Lipinski definition) is 2. The van der Waals surface area contributed by atoms with Crippen molar-refractivity contribution < 1.29 is 4.79 Å². The van der Waals surface area contributed by atoms with Gasteiger partial charge in [0, 0.05) is 23.7 Å². The zero-order chi connectivity index (χ0) is 14.3. The first-order chi connectivity index (χ1) is 9.77. The van der Waals surface area contributed by atoms with E-state index in [1.54, 1.807) is 11.8 Å². The van der Waals surface area contributed by atoms with E-state index in [1.807, 2.05) is 18.2 Å². The Bertz CT molecular complexity index is 416. The van der Waals surface area contributed by atoms with Crippen LogP contribution < -0.4 is 10.6 Å². The molecule has 3 nitrogen and oxygen atoms in total. The molecule has 1 aromatic carbocycles. The Kier molecular flexibility index (Phi) is 5.92. The third-order valence-electron chi connectivity index (χ3n) is 3.85. The number of rotatable bonds is 7. The van der Waals surface area contributed by atoms with Gasteiger partial charge in [-0.3, -0.25) is 4.79 Å². The van der Waals surface area contributed by atoms with Crippen LogP contribution in [0.3, 0.4) is 0 Å². The molecule has 1 aromatic rings. The van der Waals surface area contributed by atoms with Crippen LogP contribution in [0.15, 0.2) is 35.2 Å². The van der Waals surface area contributed by atoms with Crippen molar-refractivity contribution in [2.45, 2.75) is 31.1 Å². The van der Waals surface area contributed by atoms with Gasteiger partial charge in [0.05, 0.1) is 5.41 Å². The molecule has 110 valence electrons. The molecular weight excluding hydrogens is 268 g/mol. The van der Waals surface area contributed by atoms with E-state index in [2.05, 4.69) is 29.7 Å². The summed E-state index contributed by atoms with van der Waals surface area (Å²) in [5, 5.41) is 6.45. The number of carbonyl (C=O) groups is 1. The fourth-order valence-corrected chi connectivity index (χ4v) is 3.57. The van der Waals surface area contributed by atoms with Gasteiger partial charge < -0.3 is 10.6 Å². The minimum absolute atomic E-state index is 0.161. The molecule has 1 aliphatic rings. The van der Waals surface area contributed by atoms with Gasteiger partial charge in [0.25, 0.3) is 0 Å². The number of amides is 1. The summed E-state index contributed by atoms with van der Waals surface area (Å²) in [4.78, 5) is 13.7. The molecule has 4 heteroatoms. The number of carbonyl (C=O) groups excluding carboxylic acids is 1. The summed E-state index contributed by atoms with van der Waals surface area (Å²) >= 11 is 1.79. The minimum Gasteiger partial charge on any atom is -0.355 e. The molecule has 1 heterocycles. The topological polar surface area (TPSA) is 41.1 Å². The van der Waals surface area contributed by atoms with Crippen molar-refractivity contribution in [3.63, 3.8) is 0 Å². The molecule has 0 saturated carbocycles. The summed E-state index contributed by atoms with van der Waals surface area (Å²) in [5.41, 5.74) is -0.161. The van der Waals surface area contributed by atoms with Crippen molar-refractivity contribution in [1.82, 2.24) is 10.6 Å². The van der Waals surface area contributed by atoms with Crippen LogP contribution in [-0.2, 0) is 4.79 Å². The normalized spacial score (nSPS) is 21.9. The summed E-state index contributed by atoms with van der Waals surface area (Å²) in [5.74, 6) is 1.16. The van der Waals surface area contributed by atoms with Crippen LogP contribution in [0.4, 0.5) is 0 Å². The zero-order valence-corrected chi connectivity index (χ0v) is 13.0. The molecule has 2 rings (SSSR count). The van der Waals surface area contributed by atoms with Crippen LogP contribution in [0.25, 0.3) is 0 Å². The number of hydrogen-bond acceptors (Lipinski definition) is 3. The maximum absolute atomic E-state index is 12.4. The Labute approximate surface area is 125 Å². The molecule has 0 bridgehead atoms. The van der Waals surface area contributed by atoms with Gasteiger partial charge in [-0.25, -0.2) is 0 Å². The molecule has 1 unspecified atom stereocenters. The predicted octanol–water partition coefficient (Wildman–Crippen LogP) is 2.67. The maximum Gasteiger partial charge on any atom is 0.227 e. The number of thioether (sulfide) groups is 1. The van der Waals surface area contributed by atoms with Crippen LogP contribution in [0.5, 0.6) is 0 Å². The quantitative estimate of drug-likeness (QED) is 0.600. The summed E-state index contributed by atoms with van der Waals surface area (Å²) < 4.78 is 0. The molecule has 0 radical (unpaired) electrons. The van der Waals surface area contributed by atoms with Crippen LogP contribution in [0.1, 0.15) is 26.2 Å². The van der Waals surface area contributed by atoms with E-state index in [-0.39, 0.29) is 11.3 Å². The van der Waals surface area contributed by atoms with Gasteiger partial charge in [-0.05, 0) is 31.5 Å². The lowest BCUT2D eigenvalue weighted by Gasteiger charge is -2.26. The zero-order valence-electron chi connectivity index (χ0n) is 12.2. The second kappa shape index (κ2) is 7.70. The molecule has 1 saturated heterocycles. The first kappa shape index (κ1) is 15.4. The Balaban J connectivity index is 1.74. The van der Waals surface area contributed by atoms with Crippen molar-refractivity contribution in [2.75, 3.05) is 25.4 Å². The molecule has 0 aromatic heterocycles. The van der Waals surface area contributed by atoms with E-state index < -0.39 is 0 Å². The van der Waals surface area contributed by atoms with Crippen LogP contribution >= 0.6 is 11.8 Å². The van der Waals surface area contributed by atoms with Gasteiger partial charge in [-0.1, -0.05) is 31.5 Å². The lowest BCUT2D eigenvalue weighted by molar-refractivity contribution is -0.130. The summed E-state index contributed by atoms with van der Waals surface area (Å²) in [6.07, 6.45) is 3.02. The van der Waals surface area contributed by atoms with Gasteiger partial charge in [0.15, 0.2) is 0 Å². The van der Waals surface area contributed by atoms with E-state index in [1.165, 1.54) is 4.90 Å². The predicted molar refractivity (Wildman–Crippen MR) is 85.0 cm³/mol. The van der Waals surface area contributed by atoms with Gasteiger partial charge >= 0.3 is 0 Å².